The zero-order valence-corrected chi connectivity index (χ0v) is 16.4. The number of hydrogen-bond acceptors (Lipinski definition) is 10. The first-order chi connectivity index (χ1) is 14.3. The topological polar surface area (TPSA) is 145 Å². The molecule has 0 spiro atoms. The number of amides is 1. The summed E-state index contributed by atoms with van der Waals surface area (Å²) in [5.41, 5.74) is 0. The summed E-state index contributed by atoms with van der Waals surface area (Å²) in [6.45, 7) is 0. The Labute approximate surface area is 177 Å². The van der Waals surface area contributed by atoms with Crippen molar-refractivity contribution in [1.29, 1.82) is 0 Å². The SMILES string of the molecule is O=C1/C(=C\C=C\c2ccc([N+](=O)[O-])o2)SC(=S)N1/N=C/C=C/c1ccc([N+](=O)[O-])o1. The van der Waals surface area contributed by atoms with Gasteiger partial charge in [0.15, 0.2) is 4.32 Å². The minimum atomic E-state index is -0.653. The summed E-state index contributed by atoms with van der Waals surface area (Å²) in [6.07, 6.45) is 8.63. The van der Waals surface area contributed by atoms with Crippen molar-refractivity contribution < 1.29 is 23.5 Å². The molecule has 152 valence electrons. The molecule has 1 aliphatic heterocycles. The summed E-state index contributed by atoms with van der Waals surface area (Å²) in [5.74, 6) is -0.701. The van der Waals surface area contributed by atoms with Crippen LogP contribution in [0.4, 0.5) is 11.8 Å². The fraction of sp³-hybridized carbons (Fsp3) is 0. The van der Waals surface area contributed by atoms with Crippen LogP contribution in [0.25, 0.3) is 12.2 Å². The molecule has 2 aromatic heterocycles. The molecule has 0 atom stereocenters. The van der Waals surface area contributed by atoms with E-state index in [1.807, 2.05) is 0 Å². The van der Waals surface area contributed by atoms with E-state index in [0.717, 1.165) is 16.8 Å². The molecule has 2 aromatic rings. The van der Waals surface area contributed by atoms with Crippen molar-refractivity contribution in [3.8, 4) is 0 Å². The van der Waals surface area contributed by atoms with Gasteiger partial charge < -0.3 is 8.83 Å². The van der Waals surface area contributed by atoms with Crippen molar-refractivity contribution in [3.63, 3.8) is 0 Å². The van der Waals surface area contributed by atoms with Gasteiger partial charge in [0, 0.05) is 6.21 Å². The van der Waals surface area contributed by atoms with Gasteiger partial charge >= 0.3 is 11.8 Å². The van der Waals surface area contributed by atoms with E-state index in [2.05, 4.69) is 5.10 Å². The molecule has 0 bridgehead atoms. The van der Waals surface area contributed by atoms with E-state index < -0.39 is 15.8 Å². The Bertz CT molecular complexity index is 1140. The molecular formula is C17H10N4O7S2. The van der Waals surface area contributed by atoms with Crippen LogP contribution in [-0.2, 0) is 4.79 Å². The molecular weight excluding hydrogens is 436 g/mol. The fourth-order valence-electron chi connectivity index (χ4n) is 2.11. The molecule has 1 saturated heterocycles. The zero-order valence-electron chi connectivity index (χ0n) is 14.7. The third kappa shape index (κ3) is 4.95. The Morgan fingerprint density at radius 2 is 1.57 bits per heavy atom. The van der Waals surface area contributed by atoms with Gasteiger partial charge in [-0.15, -0.1) is 0 Å². The number of allylic oxidation sites excluding steroid dienone is 3. The van der Waals surface area contributed by atoms with E-state index in [1.165, 1.54) is 60.9 Å². The number of furan rings is 2. The van der Waals surface area contributed by atoms with Crippen LogP contribution < -0.4 is 0 Å². The van der Waals surface area contributed by atoms with Crippen molar-refractivity contribution in [2.75, 3.05) is 0 Å². The summed E-state index contributed by atoms with van der Waals surface area (Å²) >= 11 is 6.16. The largest absolute Gasteiger partial charge is 0.433 e. The summed E-state index contributed by atoms with van der Waals surface area (Å²) in [4.78, 5) is 32.5. The van der Waals surface area contributed by atoms with Gasteiger partial charge in [-0.05, 0) is 48.7 Å². The molecule has 1 fully saturated rings. The minimum absolute atomic E-state index is 0.214. The average Bonchev–Trinajstić information content (AvgIpc) is 3.41. The fourth-order valence-corrected chi connectivity index (χ4v) is 3.23. The molecule has 13 heteroatoms. The van der Waals surface area contributed by atoms with Crippen LogP contribution in [0.15, 0.2) is 61.3 Å². The van der Waals surface area contributed by atoms with Crippen molar-refractivity contribution in [3.05, 3.63) is 79.1 Å². The maximum Gasteiger partial charge on any atom is 0.433 e. The number of rotatable bonds is 7. The Kier molecular flexibility index (Phi) is 6.34. The molecule has 3 heterocycles. The molecule has 30 heavy (non-hydrogen) atoms. The van der Waals surface area contributed by atoms with Gasteiger partial charge in [-0.1, -0.05) is 17.8 Å². The first-order valence-electron chi connectivity index (χ1n) is 7.99. The normalized spacial score (nSPS) is 16.1. The van der Waals surface area contributed by atoms with E-state index in [0.29, 0.717) is 4.91 Å². The molecule has 11 nitrogen and oxygen atoms in total. The average molecular weight is 446 g/mol. The van der Waals surface area contributed by atoms with Gasteiger partial charge in [-0.25, -0.2) is 0 Å². The van der Waals surface area contributed by atoms with Gasteiger partial charge in [0.1, 0.15) is 21.4 Å². The molecule has 0 unspecified atom stereocenters. The number of nitro groups is 2. The van der Waals surface area contributed by atoms with Crippen LogP contribution in [0.3, 0.4) is 0 Å². The van der Waals surface area contributed by atoms with E-state index >= 15 is 0 Å². The Hall–Kier alpha value is -3.84. The molecule has 0 radical (unpaired) electrons. The van der Waals surface area contributed by atoms with Crippen molar-refractivity contribution in [2.24, 2.45) is 5.10 Å². The second kappa shape index (κ2) is 9.11. The van der Waals surface area contributed by atoms with Crippen LogP contribution in [0.1, 0.15) is 11.5 Å². The number of thioether (sulfide) groups is 1. The minimum Gasteiger partial charge on any atom is -0.401 e. The third-order valence-corrected chi connectivity index (χ3v) is 4.70. The second-order valence-electron chi connectivity index (χ2n) is 5.36. The van der Waals surface area contributed by atoms with Crippen LogP contribution in [0.5, 0.6) is 0 Å². The van der Waals surface area contributed by atoms with Gasteiger partial charge in [0.2, 0.25) is 0 Å². The number of nitrogens with zero attached hydrogens (tertiary/aromatic N) is 4. The zero-order chi connectivity index (χ0) is 21.7. The van der Waals surface area contributed by atoms with Crippen molar-refractivity contribution in [1.82, 2.24) is 5.01 Å². The van der Waals surface area contributed by atoms with Crippen molar-refractivity contribution >= 4 is 64.3 Å². The summed E-state index contributed by atoms with van der Waals surface area (Å²) < 4.78 is 10.1. The predicted molar refractivity (Wildman–Crippen MR) is 112 cm³/mol. The first kappa shape index (κ1) is 20.9. The highest BCUT2D eigenvalue weighted by atomic mass is 32.2. The first-order valence-corrected chi connectivity index (χ1v) is 9.21. The molecule has 1 amide bonds. The van der Waals surface area contributed by atoms with Crippen molar-refractivity contribution in [2.45, 2.75) is 0 Å². The number of hydrogen-bond donors (Lipinski definition) is 0. The quantitative estimate of drug-likeness (QED) is 0.201. The Morgan fingerprint density at radius 1 is 1.00 bits per heavy atom. The highest BCUT2D eigenvalue weighted by Gasteiger charge is 2.31. The molecule has 0 aliphatic carbocycles. The molecule has 3 rings (SSSR count). The van der Waals surface area contributed by atoms with Gasteiger partial charge in [-0.3, -0.25) is 25.0 Å². The molecule has 0 saturated carbocycles. The highest BCUT2D eigenvalue weighted by Crippen LogP contribution is 2.31. The lowest BCUT2D eigenvalue weighted by molar-refractivity contribution is -0.402. The van der Waals surface area contributed by atoms with Gasteiger partial charge in [0.05, 0.1) is 17.0 Å². The van der Waals surface area contributed by atoms with Crippen LogP contribution >= 0.6 is 24.0 Å². The third-order valence-electron chi connectivity index (χ3n) is 3.40. The maximum atomic E-state index is 12.4. The summed E-state index contributed by atoms with van der Waals surface area (Å²) in [6, 6.07) is 5.29. The Balaban J connectivity index is 1.61. The monoisotopic (exact) mass is 446 g/mol. The highest BCUT2D eigenvalue weighted by molar-refractivity contribution is 8.26. The van der Waals surface area contributed by atoms with Crippen LogP contribution in [-0.4, -0.2) is 31.3 Å². The lowest BCUT2D eigenvalue weighted by Crippen LogP contribution is -2.21. The summed E-state index contributed by atoms with van der Waals surface area (Å²) in [5, 5.41) is 26.1. The lowest BCUT2D eigenvalue weighted by atomic mass is 10.3. The summed E-state index contributed by atoms with van der Waals surface area (Å²) in [7, 11) is 0. The van der Waals surface area contributed by atoms with Crippen LogP contribution in [0.2, 0.25) is 0 Å². The van der Waals surface area contributed by atoms with E-state index in [9.17, 15) is 25.0 Å². The van der Waals surface area contributed by atoms with E-state index in [1.54, 1.807) is 0 Å². The maximum absolute atomic E-state index is 12.4. The molecule has 0 aromatic carbocycles. The van der Waals surface area contributed by atoms with Crippen LogP contribution in [0, 0.1) is 20.2 Å². The standard InChI is InChI=1S/C17H10N4O7S2/c22-16-13(5-1-3-11-6-8-14(27-11)20(23)24)30-17(29)19(16)18-10-2-4-12-7-9-15(28-12)21(25)26/h1-10H/b3-1+,4-2+,13-5+,18-10+. The van der Waals surface area contributed by atoms with Gasteiger partial charge in [0.25, 0.3) is 5.91 Å². The lowest BCUT2D eigenvalue weighted by Gasteiger charge is -2.04. The van der Waals surface area contributed by atoms with Gasteiger partial charge in [-0.2, -0.15) is 10.1 Å². The van der Waals surface area contributed by atoms with E-state index in [-0.39, 0.29) is 27.6 Å². The second-order valence-corrected chi connectivity index (χ2v) is 7.04. The smallest absolute Gasteiger partial charge is 0.401 e. The molecule has 0 N–H and O–H groups in total. The number of carbonyl (C=O) groups excluding carboxylic acids is 1. The predicted octanol–water partition coefficient (Wildman–Crippen LogP) is 4.15. The number of thiocarbonyl (C=S) groups is 1. The number of hydrazone groups is 1. The number of carbonyl (C=O) groups is 1. The Morgan fingerprint density at radius 3 is 2.10 bits per heavy atom. The van der Waals surface area contributed by atoms with E-state index in [4.69, 9.17) is 21.1 Å². The molecule has 1 aliphatic rings.